The second-order valence-electron chi connectivity index (χ2n) is 5.15. The van der Waals surface area contributed by atoms with Crippen molar-refractivity contribution in [3.63, 3.8) is 0 Å². The van der Waals surface area contributed by atoms with Gasteiger partial charge < -0.3 is 4.74 Å². The van der Waals surface area contributed by atoms with Crippen LogP contribution in [0.5, 0.6) is 5.88 Å². The van der Waals surface area contributed by atoms with Crippen molar-refractivity contribution in [2.24, 2.45) is 5.41 Å². The van der Waals surface area contributed by atoms with Crippen LogP contribution in [0.1, 0.15) is 32.8 Å². The lowest BCUT2D eigenvalue weighted by Gasteiger charge is -2.06. The van der Waals surface area contributed by atoms with Crippen molar-refractivity contribution in [1.29, 1.82) is 0 Å². The average Bonchev–Trinajstić information content (AvgIpc) is 2.28. The molecule has 0 bridgehead atoms. The van der Waals surface area contributed by atoms with E-state index in [0.29, 0.717) is 18.7 Å². The molecule has 96 valence electrons. The summed E-state index contributed by atoms with van der Waals surface area (Å²) in [6, 6.07) is 3.60. The molecule has 3 heteroatoms. The van der Waals surface area contributed by atoms with Crippen molar-refractivity contribution >= 4 is 5.78 Å². The number of carbonyl (C=O) groups is 1. The first-order valence-electron chi connectivity index (χ1n) is 5.91. The van der Waals surface area contributed by atoms with Crippen LogP contribution < -0.4 is 4.74 Å². The number of rotatable bonds is 4. The highest BCUT2D eigenvalue weighted by molar-refractivity contribution is 5.83. The van der Waals surface area contributed by atoms with E-state index in [2.05, 4.69) is 16.8 Å². The Morgan fingerprint density at radius 2 is 2.11 bits per heavy atom. The zero-order valence-electron chi connectivity index (χ0n) is 11.4. The Morgan fingerprint density at radius 1 is 1.39 bits per heavy atom. The van der Waals surface area contributed by atoms with Gasteiger partial charge in [-0.3, -0.25) is 4.79 Å². The molecular formula is C15H19NO2. The van der Waals surface area contributed by atoms with Gasteiger partial charge in [-0.25, -0.2) is 4.98 Å². The predicted molar refractivity (Wildman–Crippen MR) is 71.3 cm³/mol. The molecule has 0 radical (unpaired) electrons. The Bertz CT molecular complexity index is 458. The molecule has 0 amide bonds. The molecule has 0 saturated heterocycles. The molecule has 3 nitrogen and oxygen atoms in total. The molecule has 0 aromatic carbocycles. The van der Waals surface area contributed by atoms with Gasteiger partial charge in [0.1, 0.15) is 5.78 Å². The minimum Gasteiger partial charge on any atom is -0.481 e. The third kappa shape index (κ3) is 5.49. The Morgan fingerprint density at radius 3 is 2.61 bits per heavy atom. The first-order chi connectivity index (χ1) is 8.40. The van der Waals surface area contributed by atoms with Gasteiger partial charge in [-0.15, -0.1) is 0 Å². The lowest BCUT2D eigenvalue weighted by molar-refractivity contribution is -0.117. The van der Waals surface area contributed by atoms with Gasteiger partial charge in [0.05, 0.1) is 13.5 Å². The van der Waals surface area contributed by atoms with Crippen LogP contribution in [0.25, 0.3) is 0 Å². The number of pyridine rings is 1. The molecule has 0 spiro atoms. The number of ketones is 1. The zero-order valence-corrected chi connectivity index (χ0v) is 11.4. The number of carbonyl (C=O) groups excluding carboxylic acids is 1. The van der Waals surface area contributed by atoms with Crippen molar-refractivity contribution in [1.82, 2.24) is 4.98 Å². The molecule has 0 aliphatic heterocycles. The van der Waals surface area contributed by atoms with Crippen molar-refractivity contribution in [2.45, 2.75) is 33.6 Å². The quantitative estimate of drug-likeness (QED) is 0.765. The number of ether oxygens (including phenoxy) is 1. The maximum absolute atomic E-state index is 11.7. The van der Waals surface area contributed by atoms with Gasteiger partial charge in [0, 0.05) is 24.1 Å². The first-order valence-corrected chi connectivity index (χ1v) is 5.91. The van der Waals surface area contributed by atoms with Crippen LogP contribution in [0.15, 0.2) is 18.3 Å². The maximum atomic E-state index is 11.7. The van der Waals surface area contributed by atoms with Gasteiger partial charge in [-0.1, -0.05) is 17.9 Å². The number of Topliss-reactive ketones (excluding diaryl/α,β-unsaturated/α-hetero) is 1. The number of nitrogens with zero attached hydrogens (tertiary/aromatic N) is 1. The highest BCUT2D eigenvalue weighted by atomic mass is 16.5. The maximum Gasteiger partial charge on any atom is 0.212 e. The molecule has 1 aromatic heterocycles. The van der Waals surface area contributed by atoms with E-state index in [4.69, 9.17) is 4.74 Å². The summed E-state index contributed by atoms with van der Waals surface area (Å²) in [5.74, 6) is 6.64. The van der Waals surface area contributed by atoms with Gasteiger partial charge in [0.2, 0.25) is 5.88 Å². The fourth-order valence-corrected chi connectivity index (χ4v) is 1.33. The molecule has 18 heavy (non-hydrogen) atoms. The summed E-state index contributed by atoms with van der Waals surface area (Å²) in [6.45, 7) is 6.08. The number of aromatic nitrogens is 1. The van der Waals surface area contributed by atoms with Gasteiger partial charge in [0.15, 0.2) is 0 Å². The monoisotopic (exact) mass is 245 g/mol. The Hall–Kier alpha value is -1.82. The first kappa shape index (κ1) is 14.2. The molecule has 0 atom stereocenters. The summed E-state index contributed by atoms with van der Waals surface area (Å²) >= 11 is 0. The largest absolute Gasteiger partial charge is 0.481 e. The van der Waals surface area contributed by atoms with Crippen LogP contribution in [-0.2, 0) is 11.2 Å². The molecule has 0 aliphatic rings. The minimum atomic E-state index is -0.0536. The molecule has 1 rings (SSSR count). The van der Waals surface area contributed by atoms with Crippen LogP contribution in [0.2, 0.25) is 0 Å². The zero-order chi connectivity index (χ0) is 13.6. The third-order valence-electron chi connectivity index (χ3n) is 2.16. The molecule has 0 fully saturated rings. The van der Waals surface area contributed by atoms with Crippen molar-refractivity contribution in [3.05, 3.63) is 23.9 Å². The normalized spacial score (nSPS) is 10.4. The van der Waals surface area contributed by atoms with E-state index in [1.54, 1.807) is 19.4 Å². The number of hydrogen-bond donors (Lipinski definition) is 0. The summed E-state index contributed by atoms with van der Waals surface area (Å²) < 4.78 is 4.96. The molecule has 0 unspecified atom stereocenters. The van der Waals surface area contributed by atoms with E-state index in [0.717, 1.165) is 5.56 Å². The van der Waals surface area contributed by atoms with Gasteiger partial charge in [-0.05, 0) is 26.3 Å². The summed E-state index contributed by atoms with van der Waals surface area (Å²) in [4.78, 5) is 15.8. The molecule has 1 heterocycles. The summed E-state index contributed by atoms with van der Waals surface area (Å²) in [5.41, 5.74) is 0.834. The van der Waals surface area contributed by atoms with Crippen LogP contribution in [0.4, 0.5) is 0 Å². The average molecular weight is 245 g/mol. The smallest absolute Gasteiger partial charge is 0.212 e. The third-order valence-corrected chi connectivity index (χ3v) is 2.16. The van der Waals surface area contributed by atoms with Crippen molar-refractivity contribution in [3.8, 4) is 17.7 Å². The van der Waals surface area contributed by atoms with E-state index < -0.39 is 0 Å². The Kier molecular flexibility index (Phi) is 4.91. The van der Waals surface area contributed by atoms with E-state index in [9.17, 15) is 4.79 Å². The summed E-state index contributed by atoms with van der Waals surface area (Å²) in [5, 5.41) is 0. The highest BCUT2D eigenvalue weighted by Gasteiger charge is 2.05. The lowest BCUT2D eigenvalue weighted by atomic mass is 9.97. The Balaban J connectivity index is 2.51. The standard InChI is InChI=1S/C15H19NO2/c1-15(2,3)9-5-6-13(17)10-12-7-8-14(18-4)16-11-12/h7-8,11H,6,10H2,1-4H3. The second kappa shape index (κ2) is 6.20. The molecule has 0 saturated carbocycles. The van der Waals surface area contributed by atoms with E-state index in [-0.39, 0.29) is 11.2 Å². The van der Waals surface area contributed by atoms with Crippen molar-refractivity contribution in [2.75, 3.05) is 7.11 Å². The molecule has 0 N–H and O–H groups in total. The molecular weight excluding hydrogens is 226 g/mol. The van der Waals surface area contributed by atoms with Crippen molar-refractivity contribution < 1.29 is 9.53 Å². The van der Waals surface area contributed by atoms with E-state index in [1.807, 2.05) is 26.8 Å². The number of hydrogen-bond acceptors (Lipinski definition) is 3. The van der Waals surface area contributed by atoms with Gasteiger partial charge in [-0.2, -0.15) is 0 Å². The number of methoxy groups -OCH3 is 1. The van der Waals surface area contributed by atoms with Crippen LogP contribution >= 0.6 is 0 Å². The summed E-state index contributed by atoms with van der Waals surface area (Å²) in [6.07, 6.45) is 2.33. The fraction of sp³-hybridized carbons (Fsp3) is 0.467. The van der Waals surface area contributed by atoms with Crippen LogP contribution in [0, 0.1) is 17.3 Å². The Labute approximate surface area is 109 Å². The highest BCUT2D eigenvalue weighted by Crippen LogP contribution is 2.10. The fourth-order valence-electron chi connectivity index (χ4n) is 1.33. The lowest BCUT2D eigenvalue weighted by Crippen LogP contribution is -2.03. The SMILES string of the molecule is COc1ccc(CC(=O)CC#CC(C)(C)C)cn1. The topological polar surface area (TPSA) is 39.2 Å². The minimum absolute atomic E-state index is 0.0536. The van der Waals surface area contributed by atoms with E-state index >= 15 is 0 Å². The predicted octanol–water partition coefficient (Wildman–Crippen LogP) is 2.64. The summed E-state index contributed by atoms with van der Waals surface area (Å²) in [7, 11) is 1.56. The second-order valence-corrected chi connectivity index (χ2v) is 5.15. The van der Waals surface area contributed by atoms with Crippen LogP contribution in [0.3, 0.4) is 0 Å². The van der Waals surface area contributed by atoms with Gasteiger partial charge >= 0.3 is 0 Å². The molecule has 1 aromatic rings. The molecule has 0 aliphatic carbocycles. The van der Waals surface area contributed by atoms with E-state index in [1.165, 1.54) is 0 Å². The van der Waals surface area contributed by atoms with Crippen LogP contribution in [-0.4, -0.2) is 17.9 Å². The van der Waals surface area contributed by atoms with Gasteiger partial charge in [0.25, 0.3) is 0 Å².